The van der Waals surface area contributed by atoms with Gasteiger partial charge in [0.2, 0.25) is 0 Å². The quantitative estimate of drug-likeness (QED) is 0.155. The van der Waals surface area contributed by atoms with Crippen molar-refractivity contribution < 1.29 is 4.74 Å². The Morgan fingerprint density at radius 3 is 2.18 bits per heavy atom. The van der Waals surface area contributed by atoms with E-state index in [1.54, 1.807) is 0 Å². The van der Waals surface area contributed by atoms with Crippen molar-refractivity contribution in [2.24, 2.45) is 5.92 Å². The van der Waals surface area contributed by atoms with Crippen molar-refractivity contribution in [2.45, 2.75) is 46.3 Å². The molecule has 0 unspecified atom stereocenters. The van der Waals surface area contributed by atoms with Gasteiger partial charge in [0.1, 0.15) is 6.61 Å². The van der Waals surface area contributed by atoms with Crippen LogP contribution in [0.15, 0.2) is 132 Å². The minimum Gasteiger partial charge on any atom is -0.483 e. The molecule has 0 fully saturated rings. The Morgan fingerprint density at radius 1 is 0.727 bits per heavy atom. The third kappa shape index (κ3) is 6.98. The Hall–Kier alpha value is -4.96. The van der Waals surface area contributed by atoms with Gasteiger partial charge in [0.15, 0.2) is 5.75 Å². The van der Waals surface area contributed by atoms with Gasteiger partial charge < -0.3 is 9.30 Å². The number of fused-ring (bicyclic) bond motifs is 1. The van der Waals surface area contributed by atoms with Gasteiger partial charge in [-0.1, -0.05) is 117 Å². The number of pyridine rings is 2. The molecule has 0 aliphatic rings. The maximum atomic E-state index is 14.3. The highest BCUT2D eigenvalue weighted by Gasteiger charge is 2.19. The summed E-state index contributed by atoms with van der Waals surface area (Å²) in [5.41, 5.74) is 7.37. The highest BCUT2D eigenvalue weighted by atomic mass is 16.5. The largest absolute Gasteiger partial charge is 0.483 e. The van der Waals surface area contributed by atoms with E-state index in [1.807, 2.05) is 59.3 Å². The number of nitrogens with zero attached hydrogens (tertiary/aromatic N) is 2. The third-order valence-electron chi connectivity index (χ3n) is 7.96. The number of ether oxygens (including phenoxy) is 1. The molecule has 4 aromatic carbocycles. The minimum atomic E-state index is -0.106. The van der Waals surface area contributed by atoms with E-state index in [-0.39, 0.29) is 5.56 Å². The van der Waals surface area contributed by atoms with Crippen molar-refractivity contribution in [1.29, 1.82) is 0 Å². The number of aryl methyl sites for hydroxylation is 1. The molecule has 2 aromatic heterocycles. The Morgan fingerprint density at radius 2 is 1.43 bits per heavy atom. The van der Waals surface area contributed by atoms with Gasteiger partial charge in [-0.2, -0.15) is 0 Å². The second-order valence-electron chi connectivity index (χ2n) is 11.8. The number of hydrogen-bond acceptors (Lipinski definition) is 3. The van der Waals surface area contributed by atoms with Gasteiger partial charge in [-0.25, -0.2) is 0 Å². The molecular formula is C40H38N2O2. The Labute approximate surface area is 259 Å². The average molecular weight is 579 g/mol. The van der Waals surface area contributed by atoms with Crippen LogP contribution in [0, 0.1) is 5.92 Å². The molecule has 6 rings (SSSR count). The SMILES string of the molecule is CC(C)Cc1cc(OCc2ccccc2)c(=O)n(CCc2ccc3ccccc3c2)c1-c1ccnc(Cc2ccccc2)c1. The summed E-state index contributed by atoms with van der Waals surface area (Å²) in [5, 5.41) is 2.42. The molecule has 2 heterocycles. The summed E-state index contributed by atoms with van der Waals surface area (Å²) in [4.78, 5) is 18.9. The lowest BCUT2D eigenvalue weighted by Gasteiger charge is -2.21. The molecule has 0 aliphatic heterocycles. The first kappa shape index (κ1) is 29.1. The highest BCUT2D eigenvalue weighted by molar-refractivity contribution is 5.83. The summed E-state index contributed by atoms with van der Waals surface area (Å²) < 4.78 is 8.18. The molecule has 0 atom stereocenters. The van der Waals surface area contributed by atoms with Crippen molar-refractivity contribution in [3.05, 3.63) is 166 Å². The second-order valence-corrected chi connectivity index (χ2v) is 11.8. The smallest absolute Gasteiger partial charge is 0.293 e. The van der Waals surface area contributed by atoms with Crippen LogP contribution in [0.4, 0.5) is 0 Å². The summed E-state index contributed by atoms with van der Waals surface area (Å²) in [6.07, 6.45) is 4.14. The van der Waals surface area contributed by atoms with Crippen LogP contribution in [0.1, 0.15) is 41.8 Å². The minimum absolute atomic E-state index is 0.106. The lowest BCUT2D eigenvalue weighted by molar-refractivity contribution is 0.298. The van der Waals surface area contributed by atoms with E-state index >= 15 is 0 Å². The van der Waals surface area contributed by atoms with Crippen LogP contribution in [-0.4, -0.2) is 9.55 Å². The fourth-order valence-electron chi connectivity index (χ4n) is 5.85. The van der Waals surface area contributed by atoms with Crippen LogP contribution >= 0.6 is 0 Å². The van der Waals surface area contributed by atoms with Gasteiger partial charge in [-0.3, -0.25) is 9.78 Å². The van der Waals surface area contributed by atoms with Crippen molar-refractivity contribution >= 4 is 10.8 Å². The van der Waals surface area contributed by atoms with Crippen molar-refractivity contribution in [3.8, 4) is 17.0 Å². The predicted molar refractivity (Wildman–Crippen MR) is 180 cm³/mol. The number of benzene rings is 4. The second kappa shape index (κ2) is 13.6. The first-order valence-corrected chi connectivity index (χ1v) is 15.4. The molecule has 0 spiro atoms. The molecule has 4 heteroatoms. The molecular weight excluding hydrogens is 540 g/mol. The molecule has 0 N–H and O–H groups in total. The summed E-state index contributed by atoms with van der Waals surface area (Å²) >= 11 is 0. The van der Waals surface area contributed by atoms with Crippen LogP contribution in [-0.2, 0) is 32.4 Å². The lowest BCUT2D eigenvalue weighted by atomic mass is 9.96. The normalized spacial score (nSPS) is 11.2. The van der Waals surface area contributed by atoms with Gasteiger partial charge in [-0.05, 0) is 70.0 Å². The molecule has 0 bridgehead atoms. The topological polar surface area (TPSA) is 44.1 Å². The third-order valence-corrected chi connectivity index (χ3v) is 7.96. The molecule has 44 heavy (non-hydrogen) atoms. The van der Waals surface area contributed by atoms with Crippen molar-refractivity contribution in [1.82, 2.24) is 9.55 Å². The summed E-state index contributed by atoms with van der Waals surface area (Å²) in [6, 6.07) is 41.5. The van der Waals surface area contributed by atoms with Gasteiger partial charge in [-0.15, -0.1) is 0 Å². The van der Waals surface area contributed by atoms with Crippen LogP contribution in [0.3, 0.4) is 0 Å². The Bertz CT molecular complexity index is 1910. The van der Waals surface area contributed by atoms with Crippen LogP contribution < -0.4 is 10.3 Å². The number of rotatable bonds is 11. The summed E-state index contributed by atoms with van der Waals surface area (Å²) in [7, 11) is 0. The monoisotopic (exact) mass is 578 g/mol. The van der Waals surface area contributed by atoms with Crippen LogP contribution in [0.5, 0.6) is 5.75 Å². The molecule has 6 aromatic rings. The fraction of sp³-hybridized carbons (Fsp3) is 0.200. The molecule has 220 valence electrons. The highest BCUT2D eigenvalue weighted by Crippen LogP contribution is 2.29. The maximum absolute atomic E-state index is 14.3. The zero-order valence-corrected chi connectivity index (χ0v) is 25.4. The number of hydrogen-bond donors (Lipinski definition) is 0. The lowest BCUT2D eigenvalue weighted by Crippen LogP contribution is -2.26. The summed E-state index contributed by atoms with van der Waals surface area (Å²) in [6.45, 7) is 5.31. The Kier molecular flexibility index (Phi) is 8.98. The molecule has 0 amide bonds. The van der Waals surface area contributed by atoms with E-state index in [2.05, 4.69) is 86.6 Å². The molecule has 0 saturated heterocycles. The van der Waals surface area contributed by atoms with Gasteiger partial charge in [0.25, 0.3) is 5.56 Å². The van der Waals surface area contributed by atoms with Gasteiger partial charge >= 0.3 is 0 Å². The van der Waals surface area contributed by atoms with E-state index in [9.17, 15) is 4.79 Å². The molecule has 0 aliphatic carbocycles. The summed E-state index contributed by atoms with van der Waals surface area (Å²) in [5.74, 6) is 0.790. The molecule has 0 saturated carbocycles. The predicted octanol–water partition coefficient (Wildman–Crippen LogP) is 8.67. The van der Waals surface area contributed by atoms with E-state index in [1.165, 1.54) is 21.9 Å². The zero-order valence-electron chi connectivity index (χ0n) is 25.4. The van der Waals surface area contributed by atoms with Gasteiger partial charge in [0, 0.05) is 30.4 Å². The molecule has 0 radical (unpaired) electrons. The Balaban J connectivity index is 1.43. The van der Waals surface area contributed by atoms with E-state index < -0.39 is 0 Å². The fourth-order valence-corrected chi connectivity index (χ4v) is 5.85. The van der Waals surface area contributed by atoms with Crippen molar-refractivity contribution in [3.63, 3.8) is 0 Å². The van der Waals surface area contributed by atoms with Gasteiger partial charge in [0.05, 0.1) is 5.69 Å². The van der Waals surface area contributed by atoms with Crippen LogP contribution in [0.2, 0.25) is 0 Å². The zero-order chi connectivity index (χ0) is 30.3. The number of aromatic nitrogens is 2. The molecule has 4 nitrogen and oxygen atoms in total. The standard InChI is InChI=1S/C40H38N2O2/c1-29(2)23-36-27-38(44-28-32-13-7-4-8-14-32)40(43)42(22-20-31-17-18-33-15-9-10-16-34(33)24-31)39(36)35-19-21-41-37(26-35)25-30-11-5-3-6-12-30/h3-19,21,24,26-27,29H,20,22-23,25,28H2,1-2H3. The first-order chi connectivity index (χ1) is 21.5. The average Bonchev–Trinajstić information content (AvgIpc) is 3.05. The van der Waals surface area contributed by atoms with Crippen LogP contribution in [0.25, 0.3) is 22.0 Å². The van der Waals surface area contributed by atoms with E-state index in [0.29, 0.717) is 24.8 Å². The first-order valence-electron chi connectivity index (χ1n) is 15.4. The van der Waals surface area contributed by atoms with Crippen molar-refractivity contribution in [2.75, 3.05) is 0 Å². The maximum Gasteiger partial charge on any atom is 0.293 e. The van der Waals surface area contributed by atoms with E-state index in [0.717, 1.165) is 47.3 Å². The van der Waals surface area contributed by atoms with E-state index in [4.69, 9.17) is 9.72 Å².